The third kappa shape index (κ3) is 3.83. The molecule has 0 aliphatic carbocycles. The summed E-state index contributed by atoms with van der Waals surface area (Å²) in [5, 5.41) is 12.1. The molecule has 7 nitrogen and oxygen atoms in total. The molecule has 1 atom stereocenters. The standard InChI is InChI=1S/C23H20Cl2N6O/c1-13-20-16(22(32)31(30-13)21-17(24)4-2-5-18(21)25)12-27-23(29-20)28-15-9-7-14(8-10-15)19-6-3-11-26-19/h2,4-5,7-10,12,19,26H,3,6,11H2,1H3,(H,27,28,29). The number of nitrogens with one attached hydrogen (secondary N) is 2. The Labute approximate surface area is 194 Å². The maximum atomic E-state index is 13.1. The van der Waals surface area contributed by atoms with Crippen LogP contribution in [0.3, 0.4) is 0 Å². The number of anilines is 2. The molecule has 32 heavy (non-hydrogen) atoms. The van der Waals surface area contributed by atoms with Crippen LogP contribution in [-0.4, -0.2) is 26.3 Å². The van der Waals surface area contributed by atoms with Crippen molar-refractivity contribution in [2.45, 2.75) is 25.8 Å². The van der Waals surface area contributed by atoms with Crippen LogP contribution >= 0.6 is 23.2 Å². The molecule has 1 fully saturated rings. The van der Waals surface area contributed by atoms with Crippen molar-refractivity contribution in [3.05, 3.63) is 80.3 Å². The monoisotopic (exact) mass is 466 g/mol. The lowest BCUT2D eigenvalue weighted by molar-refractivity contribution is 0.648. The molecular weight excluding hydrogens is 447 g/mol. The molecule has 1 aliphatic rings. The molecule has 0 bridgehead atoms. The van der Waals surface area contributed by atoms with E-state index in [-0.39, 0.29) is 5.56 Å². The number of para-hydroxylation sites is 1. The van der Waals surface area contributed by atoms with E-state index in [0.717, 1.165) is 18.7 Å². The fourth-order valence-corrected chi connectivity index (χ4v) is 4.53. The number of hydrogen-bond donors (Lipinski definition) is 2. The number of aromatic nitrogens is 4. The van der Waals surface area contributed by atoms with Crippen LogP contribution in [-0.2, 0) is 0 Å². The van der Waals surface area contributed by atoms with Crippen molar-refractivity contribution in [2.75, 3.05) is 11.9 Å². The minimum absolute atomic E-state index is 0.335. The molecule has 1 saturated heterocycles. The first kappa shape index (κ1) is 20.9. The summed E-state index contributed by atoms with van der Waals surface area (Å²) in [5.41, 5.74) is 3.12. The highest BCUT2D eigenvalue weighted by molar-refractivity contribution is 6.37. The minimum atomic E-state index is -0.388. The lowest BCUT2D eigenvalue weighted by Gasteiger charge is -2.13. The van der Waals surface area contributed by atoms with Gasteiger partial charge in [0.25, 0.3) is 5.56 Å². The molecule has 2 N–H and O–H groups in total. The van der Waals surface area contributed by atoms with Crippen LogP contribution in [0.25, 0.3) is 16.6 Å². The molecule has 5 rings (SSSR count). The molecule has 162 valence electrons. The number of hydrogen-bond acceptors (Lipinski definition) is 6. The topological polar surface area (TPSA) is 84.7 Å². The van der Waals surface area contributed by atoms with Crippen LogP contribution in [0.5, 0.6) is 0 Å². The highest BCUT2D eigenvalue weighted by atomic mass is 35.5. The molecule has 0 saturated carbocycles. The summed E-state index contributed by atoms with van der Waals surface area (Å²) < 4.78 is 1.20. The molecular formula is C23H20Cl2N6O. The van der Waals surface area contributed by atoms with Crippen molar-refractivity contribution < 1.29 is 0 Å². The number of nitrogens with zero attached hydrogens (tertiary/aromatic N) is 4. The van der Waals surface area contributed by atoms with Gasteiger partial charge in [0.05, 0.1) is 21.1 Å². The van der Waals surface area contributed by atoms with Gasteiger partial charge in [-0.3, -0.25) is 4.79 Å². The fraction of sp³-hybridized carbons (Fsp3) is 0.217. The first-order valence-corrected chi connectivity index (χ1v) is 11.1. The van der Waals surface area contributed by atoms with Gasteiger partial charge in [-0.2, -0.15) is 9.78 Å². The van der Waals surface area contributed by atoms with Gasteiger partial charge in [0.15, 0.2) is 0 Å². The first-order chi connectivity index (χ1) is 15.5. The van der Waals surface area contributed by atoms with E-state index in [2.05, 4.69) is 37.8 Å². The van der Waals surface area contributed by atoms with Crippen molar-refractivity contribution in [3.8, 4) is 5.69 Å². The summed E-state index contributed by atoms with van der Waals surface area (Å²) in [6.07, 6.45) is 3.86. The van der Waals surface area contributed by atoms with Gasteiger partial charge in [-0.1, -0.05) is 41.4 Å². The smallest absolute Gasteiger partial charge is 0.282 e. The molecule has 0 amide bonds. The fourth-order valence-electron chi connectivity index (χ4n) is 3.97. The third-order valence-electron chi connectivity index (χ3n) is 5.58. The van der Waals surface area contributed by atoms with Crippen molar-refractivity contribution >= 4 is 45.7 Å². The van der Waals surface area contributed by atoms with Crippen molar-refractivity contribution in [3.63, 3.8) is 0 Å². The molecule has 2 aromatic carbocycles. The van der Waals surface area contributed by atoms with E-state index in [1.54, 1.807) is 25.1 Å². The summed E-state index contributed by atoms with van der Waals surface area (Å²) in [6, 6.07) is 13.7. The Hall–Kier alpha value is -3.00. The largest absolute Gasteiger partial charge is 0.324 e. The van der Waals surface area contributed by atoms with Crippen molar-refractivity contribution in [1.29, 1.82) is 0 Å². The lowest BCUT2D eigenvalue weighted by atomic mass is 10.1. The van der Waals surface area contributed by atoms with E-state index < -0.39 is 0 Å². The maximum absolute atomic E-state index is 13.1. The zero-order valence-electron chi connectivity index (χ0n) is 17.3. The Kier molecular flexibility index (Phi) is 5.55. The SMILES string of the molecule is Cc1nn(-c2c(Cl)cccc2Cl)c(=O)c2cnc(Nc3ccc(C4CCCN4)cc3)nc12. The summed E-state index contributed by atoms with van der Waals surface area (Å²) in [7, 11) is 0. The minimum Gasteiger partial charge on any atom is -0.324 e. The Bertz CT molecular complexity index is 1340. The third-order valence-corrected chi connectivity index (χ3v) is 6.19. The van der Waals surface area contributed by atoms with E-state index >= 15 is 0 Å². The summed E-state index contributed by atoms with van der Waals surface area (Å²) in [6.45, 7) is 2.84. The second kappa shape index (κ2) is 8.50. The van der Waals surface area contributed by atoms with Crippen LogP contribution < -0.4 is 16.2 Å². The van der Waals surface area contributed by atoms with Gasteiger partial charge < -0.3 is 10.6 Å². The van der Waals surface area contributed by atoms with Crippen LogP contribution in [0.2, 0.25) is 10.0 Å². The Morgan fingerprint density at radius 2 is 1.88 bits per heavy atom. The van der Waals surface area contributed by atoms with Crippen molar-refractivity contribution in [1.82, 2.24) is 25.1 Å². The Morgan fingerprint density at radius 1 is 1.12 bits per heavy atom. The van der Waals surface area contributed by atoms with Gasteiger partial charge in [-0.15, -0.1) is 0 Å². The van der Waals surface area contributed by atoms with Gasteiger partial charge >= 0.3 is 0 Å². The first-order valence-electron chi connectivity index (χ1n) is 10.3. The molecule has 1 aliphatic heterocycles. The van der Waals surface area contributed by atoms with Crippen LogP contribution in [0, 0.1) is 6.92 Å². The average Bonchev–Trinajstić information content (AvgIpc) is 3.32. The summed E-state index contributed by atoms with van der Waals surface area (Å²) in [5.74, 6) is 0.391. The number of aryl methyl sites for hydroxylation is 1. The summed E-state index contributed by atoms with van der Waals surface area (Å²) in [4.78, 5) is 22.0. The van der Waals surface area contributed by atoms with Crippen LogP contribution in [0.15, 0.2) is 53.5 Å². The van der Waals surface area contributed by atoms with Crippen molar-refractivity contribution in [2.24, 2.45) is 0 Å². The van der Waals surface area contributed by atoms with E-state index in [1.807, 2.05) is 12.1 Å². The van der Waals surface area contributed by atoms with Crippen LogP contribution in [0.4, 0.5) is 11.6 Å². The number of benzene rings is 2. The normalized spacial score (nSPS) is 15.9. The molecule has 2 aromatic heterocycles. The summed E-state index contributed by atoms with van der Waals surface area (Å²) >= 11 is 12.6. The predicted octanol–water partition coefficient (Wildman–Crippen LogP) is 4.96. The predicted molar refractivity (Wildman–Crippen MR) is 127 cm³/mol. The van der Waals surface area contributed by atoms with Gasteiger partial charge in [-0.25, -0.2) is 9.97 Å². The zero-order valence-corrected chi connectivity index (χ0v) is 18.8. The molecule has 0 radical (unpaired) electrons. The quantitative estimate of drug-likeness (QED) is 0.442. The second-order valence-corrected chi connectivity index (χ2v) is 8.54. The molecule has 4 aromatic rings. The zero-order chi connectivity index (χ0) is 22.2. The van der Waals surface area contributed by atoms with E-state index in [9.17, 15) is 4.79 Å². The van der Waals surface area contributed by atoms with Gasteiger partial charge in [0.1, 0.15) is 11.2 Å². The number of rotatable bonds is 4. The lowest BCUT2D eigenvalue weighted by Crippen LogP contribution is -2.23. The van der Waals surface area contributed by atoms with Gasteiger partial charge in [0.2, 0.25) is 5.95 Å². The molecule has 3 heterocycles. The molecule has 1 unspecified atom stereocenters. The highest BCUT2D eigenvalue weighted by Gasteiger charge is 2.17. The highest BCUT2D eigenvalue weighted by Crippen LogP contribution is 2.28. The van der Waals surface area contributed by atoms with Gasteiger partial charge in [-0.05, 0) is 56.1 Å². The Morgan fingerprint density at radius 3 is 2.56 bits per heavy atom. The maximum Gasteiger partial charge on any atom is 0.282 e. The Balaban J connectivity index is 1.48. The van der Waals surface area contributed by atoms with Crippen LogP contribution in [0.1, 0.15) is 30.1 Å². The van der Waals surface area contributed by atoms with E-state index in [4.69, 9.17) is 23.2 Å². The average molecular weight is 467 g/mol. The molecule has 9 heteroatoms. The van der Waals surface area contributed by atoms with E-state index in [1.165, 1.54) is 22.9 Å². The molecule has 0 spiro atoms. The number of halogens is 2. The second-order valence-electron chi connectivity index (χ2n) is 7.72. The van der Waals surface area contributed by atoms with E-state index in [0.29, 0.717) is 44.3 Å². The number of fused-ring (bicyclic) bond motifs is 1. The van der Waals surface area contributed by atoms with Gasteiger partial charge in [0, 0.05) is 17.9 Å².